The maximum atomic E-state index is 13.5. The molecule has 0 spiro atoms. The molecule has 1 aliphatic rings. The third-order valence-corrected chi connectivity index (χ3v) is 7.00. The number of amides is 1. The van der Waals surface area contributed by atoms with Crippen molar-refractivity contribution in [2.24, 2.45) is 0 Å². The topological polar surface area (TPSA) is 79.7 Å². The predicted molar refractivity (Wildman–Crippen MR) is 133 cm³/mol. The van der Waals surface area contributed by atoms with Gasteiger partial charge >= 0.3 is 5.91 Å². The normalized spacial score (nSPS) is 17.4. The fraction of sp³-hybridized carbons (Fsp3) is 0.148. The zero-order chi connectivity index (χ0) is 24.9. The first-order chi connectivity index (χ1) is 16.8. The zero-order valence-electron chi connectivity index (χ0n) is 19.2. The Morgan fingerprint density at radius 3 is 2.54 bits per heavy atom. The van der Waals surface area contributed by atoms with Crippen LogP contribution in [0.15, 0.2) is 66.2 Å². The van der Waals surface area contributed by atoms with E-state index < -0.39 is 23.5 Å². The monoisotopic (exact) mass is 488 g/mol. The van der Waals surface area contributed by atoms with E-state index in [4.69, 9.17) is 9.72 Å². The van der Waals surface area contributed by atoms with Crippen molar-refractivity contribution < 1.29 is 23.8 Å². The number of hydrogen-bond donors (Lipinski definition) is 1. The number of ketones is 1. The van der Waals surface area contributed by atoms with Gasteiger partial charge in [-0.3, -0.25) is 14.5 Å². The van der Waals surface area contributed by atoms with Gasteiger partial charge in [0.05, 0.1) is 28.9 Å². The number of hydrogen-bond acceptors (Lipinski definition) is 6. The van der Waals surface area contributed by atoms with E-state index in [0.29, 0.717) is 16.4 Å². The Morgan fingerprint density at radius 1 is 1.09 bits per heavy atom. The van der Waals surface area contributed by atoms with Crippen molar-refractivity contribution in [1.29, 1.82) is 0 Å². The number of carbonyl (C=O) groups is 2. The number of aliphatic hydroxyl groups excluding tert-OH is 1. The average Bonchev–Trinajstić information content (AvgIpc) is 3.38. The van der Waals surface area contributed by atoms with E-state index >= 15 is 0 Å². The fourth-order valence-corrected chi connectivity index (χ4v) is 5.55. The molecular formula is C27H21FN2O4S. The molecule has 0 unspecified atom stereocenters. The molecule has 0 radical (unpaired) electrons. The number of aliphatic hydroxyl groups is 1. The number of aryl methyl sites for hydroxylation is 2. The standard InChI is InChI=1S/C27H21FN2O4S/c1-14-11-15(2)22-20(12-14)35-27(29-22)30-23(17-5-4-6-19(13-17)34-3)21(25(32)26(30)33)24(31)16-7-9-18(28)10-8-16/h4-13,23,31H,1-3H3/t23-/m0/s1. The third-order valence-electron chi connectivity index (χ3n) is 6.00. The van der Waals surface area contributed by atoms with Crippen molar-refractivity contribution in [3.63, 3.8) is 0 Å². The maximum absolute atomic E-state index is 13.5. The Bertz CT molecular complexity index is 1520. The summed E-state index contributed by atoms with van der Waals surface area (Å²) in [5.74, 6) is -1.97. The van der Waals surface area contributed by atoms with Crippen molar-refractivity contribution >= 4 is 44.1 Å². The highest BCUT2D eigenvalue weighted by molar-refractivity contribution is 7.22. The second kappa shape index (κ2) is 8.63. The second-order valence-electron chi connectivity index (χ2n) is 8.38. The average molecular weight is 489 g/mol. The number of halogens is 1. The van der Waals surface area contributed by atoms with E-state index in [2.05, 4.69) is 0 Å². The number of thiazole rings is 1. The summed E-state index contributed by atoms with van der Waals surface area (Å²) >= 11 is 1.31. The lowest BCUT2D eigenvalue weighted by Gasteiger charge is -2.23. The third kappa shape index (κ3) is 3.85. The van der Waals surface area contributed by atoms with Gasteiger partial charge in [0.15, 0.2) is 5.13 Å². The number of Topliss-reactive ketones (excluding diaryl/α,β-unsaturated/α-hetero) is 1. The lowest BCUT2D eigenvalue weighted by Crippen LogP contribution is -2.29. The van der Waals surface area contributed by atoms with Crippen molar-refractivity contribution in [2.75, 3.05) is 12.0 Å². The number of methoxy groups -OCH3 is 1. The molecule has 3 aromatic carbocycles. The highest BCUT2D eigenvalue weighted by Gasteiger charge is 2.48. The Morgan fingerprint density at radius 2 is 1.83 bits per heavy atom. The number of anilines is 1. The highest BCUT2D eigenvalue weighted by Crippen LogP contribution is 2.45. The summed E-state index contributed by atoms with van der Waals surface area (Å²) in [7, 11) is 1.52. The molecule has 6 nitrogen and oxygen atoms in total. The molecule has 5 rings (SSSR count). The van der Waals surface area contributed by atoms with Crippen LogP contribution in [0, 0.1) is 19.7 Å². The van der Waals surface area contributed by atoms with Crippen LogP contribution in [0.25, 0.3) is 16.0 Å². The van der Waals surface area contributed by atoms with Gasteiger partial charge in [-0.25, -0.2) is 9.37 Å². The first kappa shape index (κ1) is 22.7. The van der Waals surface area contributed by atoms with Crippen LogP contribution in [0.2, 0.25) is 0 Å². The van der Waals surface area contributed by atoms with E-state index in [1.807, 2.05) is 26.0 Å². The fourth-order valence-electron chi connectivity index (χ4n) is 4.38. The molecule has 0 saturated carbocycles. The SMILES string of the molecule is COc1cccc([C@H]2C(=C(O)c3ccc(F)cc3)C(=O)C(=O)N2c2nc3c(C)cc(C)cc3s2)c1. The molecule has 176 valence electrons. The molecule has 0 aliphatic carbocycles. The van der Waals surface area contributed by atoms with Crippen LogP contribution in [0.1, 0.15) is 28.3 Å². The molecule has 1 N–H and O–H groups in total. The van der Waals surface area contributed by atoms with E-state index in [0.717, 1.165) is 21.3 Å². The number of fused-ring (bicyclic) bond motifs is 1. The van der Waals surface area contributed by atoms with Crippen LogP contribution >= 0.6 is 11.3 Å². The van der Waals surface area contributed by atoms with Crippen LogP contribution < -0.4 is 9.64 Å². The van der Waals surface area contributed by atoms with Crippen molar-refractivity contribution in [3.05, 3.63) is 94.3 Å². The maximum Gasteiger partial charge on any atom is 0.301 e. The van der Waals surface area contributed by atoms with Crippen LogP contribution in [0.3, 0.4) is 0 Å². The van der Waals surface area contributed by atoms with E-state index in [1.165, 1.54) is 47.6 Å². The molecule has 1 fully saturated rings. The van der Waals surface area contributed by atoms with Gasteiger partial charge in [0.2, 0.25) is 0 Å². The van der Waals surface area contributed by atoms with Gasteiger partial charge in [-0.15, -0.1) is 0 Å². The summed E-state index contributed by atoms with van der Waals surface area (Å²) in [6.07, 6.45) is 0. The number of rotatable bonds is 4. The van der Waals surface area contributed by atoms with Gasteiger partial charge in [0.25, 0.3) is 5.78 Å². The van der Waals surface area contributed by atoms with Gasteiger partial charge in [-0.05, 0) is 73.0 Å². The predicted octanol–water partition coefficient (Wildman–Crippen LogP) is 5.69. The van der Waals surface area contributed by atoms with Gasteiger partial charge in [0, 0.05) is 5.56 Å². The summed E-state index contributed by atoms with van der Waals surface area (Å²) in [4.78, 5) is 32.7. The first-order valence-electron chi connectivity index (χ1n) is 10.9. The van der Waals surface area contributed by atoms with Crippen molar-refractivity contribution in [2.45, 2.75) is 19.9 Å². The lowest BCUT2D eigenvalue weighted by molar-refractivity contribution is -0.132. The second-order valence-corrected chi connectivity index (χ2v) is 9.39. The van der Waals surface area contributed by atoms with E-state index in [1.54, 1.807) is 24.3 Å². The molecule has 1 amide bonds. The molecule has 1 aliphatic heterocycles. The van der Waals surface area contributed by atoms with Gasteiger partial charge in [-0.1, -0.05) is 29.5 Å². The number of nitrogens with zero attached hydrogens (tertiary/aromatic N) is 2. The van der Waals surface area contributed by atoms with E-state index in [-0.39, 0.29) is 16.9 Å². The smallest absolute Gasteiger partial charge is 0.301 e. The quantitative estimate of drug-likeness (QED) is 0.227. The highest BCUT2D eigenvalue weighted by atomic mass is 32.1. The number of carbonyl (C=O) groups excluding carboxylic acids is 2. The Kier molecular flexibility index (Phi) is 5.61. The lowest BCUT2D eigenvalue weighted by atomic mass is 9.95. The van der Waals surface area contributed by atoms with Crippen LogP contribution in [-0.4, -0.2) is 28.9 Å². The minimum atomic E-state index is -0.947. The van der Waals surface area contributed by atoms with Crippen LogP contribution in [0.5, 0.6) is 5.75 Å². The summed E-state index contributed by atoms with van der Waals surface area (Å²) in [6.45, 7) is 3.93. The van der Waals surface area contributed by atoms with Gasteiger partial charge in [-0.2, -0.15) is 0 Å². The summed E-state index contributed by atoms with van der Waals surface area (Å²) in [5, 5.41) is 11.5. The largest absolute Gasteiger partial charge is 0.507 e. The minimum Gasteiger partial charge on any atom is -0.507 e. The van der Waals surface area contributed by atoms with Crippen molar-refractivity contribution in [1.82, 2.24) is 4.98 Å². The van der Waals surface area contributed by atoms with Crippen molar-refractivity contribution in [3.8, 4) is 5.75 Å². The minimum absolute atomic E-state index is 0.0954. The Labute approximate surface area is 204 Å². The zero-order valence-corrected chi connectivity index (χ0v) is 20.0. The molecule has 2 heterocycles. The molecule has 35 heavy (non-hydrogen) atoms. The Balaban J connectivity index is 1.75. The molecular weight excluding hydrogens is 467 g/mol. The number of aromatic nitrogens is 1. The van der Waals surface area contributed by atoms with Gasteiger partial charge in [0.1, 0.15) is 17.3 Å². The molecule has 1 aromatic heterocycles. The van der Waals surface area contributed by atoms with Crippen LogP contribution in [-0.2, 0) is 9.59 Å². The molecule has 1 saturated heterocycles. The number of benzene rings is 3. The van der Waals surface area contributed by atoms with E-state index in [9.17, 15) is 19.1 Å². The molecule has 0 bridgehead atoms. The summed E-state index contributed by atoms with van der Waals surface area (Å²) < 4.78 is 19.7. The van der Waals surface area contributed by atoms with Gasteiger partial charge < -0.3 is 9.84 Å². The van der Waals surface area contributed by atoms with Crippen LogP contribution in [0.4, 0.5) is 9.52 Å². The summed E-state index contributed by atoms with van der Waals surface area (Å²) in [6, 6.07) is 15.1. The number of ether oxygens (including phenoxy) is 1. The first-order valence-corrected chi connectivity index (χ1v) is 11.7. The Hall–Kier alpha value is -4.04. The molecule has 8 heteroatoms. The molecule has 4 aromatic rings. The molecule has 1 atom stereocenters. The summed E-state index contributed by atoms with van der Waals surface area (Å²) in [5.41, 5.74) is 3.48.